The molecule has 1 aromatic heterocycles. The normalized spacial score (nSPS) is 11.3. The molecule has 5 heteroatoms. The van der Waals surface area contributed by atoms with Crippen molar-refractivity contribution < 1.29 is 17.2 Å². The van der Waals surface area contributed by atoms with Gasteiger partial charge in [0.05, 0.1) is 11.5 Å². The third kappa shape index (κ3) is 24.6. The maximum Gasteiger partial charge on any atom is 0.296 e. The highest BCUT2D eigenvalue weighted by Crippen LogP contribution is 2.15. The van der Waals surface area contributed by atoms with Gasteiger partial charge in [-0.3, -0.25) is 4.18 Å². The van der Waals surface area contributed by atoms with Gasteiger partial charge in [-0.1, -0.05) is 173 Å². The first-order valence-electron chi connectivity index (χ1n) is 18.5. The van der Waals surface area contributed by atoms with Gasteiger partial charge in [-0.15, -0.1) is 0 Å². The summed E-state index contributed by atoms with van der Waals surface area (Å²) in [5, 5.41) is 0. The molecule has 0 saturated heterocycles. The maximum absolute atomic E-state index is 11.9. The van der Waals surface area contributed by atoms with Crippen molar-refractivity contribution in [3.63, 3.8) is 0 Å². The van der Waals surface area contributed by atoms with E-state index in [0.29, 0.717) is 0 Å². The molecule has 0 aliphatic heterocycles. The molecule has 0 spiro atoms. The van der Waals surface area contributed by atoms with Gasteiger partial charge in [-0.2, -0.15) is 8.42 Å². The lowest BCUT2D eigenvalue weighted by molar-refractivity contribution is -0.697. The Morgan fingerprint density at radius 2 is 0.841 bits per heavy atom. The zero-order valence-electron chi connectivity index (χ0n) is 28.7. The zero-order chi connectivity index (χ0) is 31.8. The largest absolute Gasteiger partial charge is 0.296 e. The number of benzene rings is 1. The Kier molecular flexibility index (Phi) is 27.4. The molecular weight excluding hydrogens is 563 g/mol. The number of aromatic nitrogens is 1. The number of aryl methyl sites for hydroxylation is 1. The third-order valence-corrected chi connectivity index (χ3v) is 9.64. The van der Waals surface area contributed by atoms with E-state index in [1.165, 1.54) is 148 Å². The molecular formula is C39H68NO3S+. The van der Waals surface area contributed by atoms with Crippen LogP contribution in [0.3, 0.4) is 0 Å². The molecule has 0 aliphatic rings. The quantitative estimate of drug-likeness (QED) is 0.0534. The van der Waals surface area contributed by atoms with E-state index in [9.17, 15) is 8.42 Å². The lowest BCUT2D eigenvalue weighted by Gasteiger charge is -2.05. The molecule has 2 rings (SSSR count). The Morgan fingerprint density at radius 3 is 1.27 bits per heavy atom. The second-order valence-corrected chi connectivity index (χ2v) is 14.1. The summed E-state index contributed by atoms with van der Waals surface area (Å²) in [6.45, 7) is 5.99. The van der Waals surface area contributed by atoms with Crippen molar-refractivity contribution in [2.45, 2.75) is 179 Å². The predicted molar refractivity (Wildman–Crippen MR) is 188 cm³/mol. The highest BCUT2D eigenvalue weighted by Gasteiger charge is 2.13. The van der Waals surface area contributed by atoms with E-state index in [-0.39, 0.29) is 11.5 Å². The zero-order valence-corrected chi connectivity index (χ0v) is 29.6. The van der Waals surface area contributed by atoms with Crippen LogP contribution in [-0.4, -0.2) is 15.0 Å². The molecule has 0 bridgehead atoms. The minimum absolute atomic E-state index is 0.238. The van der Waals surface area contributed by atoms with Crippen LogP contribution in [0.2, 0.25) is 0 Å². The summed E-state index contributed by atoms with van der Waals surface area (Å²) in [6, 6.07) is 14.6. The van der Waals surface area contributed by atoms with Gasteiger partial charge in [0.1, 0.15) is 6.54 Å². The molecule has 0 radical (unpaired) electrons. The van der Waals surface area contributed by atoms with Crippen LogP contribution < -0.4 is 4.57 Å². The van der Waals surface area contributed by atoms with Crippen LogP contribution in [0.4, 0.5) is 0 Å². The number of unbranched alkanes of at least 4 members (excludes halogenated alkanes) is 22. The monoisotopic (exact) mass is 630 g/mol. The maximum atomic E-state index is 11.9. The van der Waals surface area contributed by atoms with Gasteiger partial charge in [0.15, 0.2) is 12.4 Å². The summed E-state index contributed by atoms with van der Waals surface area (Å²) in [6.07, 6.45) is 36.7. The SMILES string of the molecule is CCCCCCCCCCCCCCCC[n+]1ccccc1.CCCCCCCCCCCCOS(=O)(=O)c1ccccc1. The number of nitrogens with zero attached hydrogens (tertiary/aromatic N) is 1. The molecule has 44 heavy (non-hydrogen) atoms. The molecule has 0 N–H and O–H groups in total. The molecule has 0 unspecified atom stereocenters. The molecule has 0 amide bonds. The first kappa shape index (κ1) is 40.3. The van der Waals surface area contributed by atoms with Crippen molar-refractivity contribution in [2.75, 3.05) is 6.61 Å². The van der Waals surface area contributed by atoms with Crippen LogP contribution in [0.15, 0.2) is 65.8 Å². The van der Waals surface area contributed by atoms with E-state index in [1.54, 1.807) is 30.3 Å². The molecule has 0 saturated carbocycles. The van der Waals surface area contributed by atoms with E-state index in [1.807, 2.05) is 0 Å². The van der Waals surface area contributed by atoms with Crippen molar-refractivity contribution in [3.8, 4) is 0 Å². The van der Waals surface area contributed by atoms with Gasteiger partial charge >= 0.3 is 0 Å². The van der Waals surface area contributed by atoms with Gasteiger partial charge < -0.3 is 0 Å². The molecule has 252 valence electrons. The summed E-state index contributed by atoms with van der Waals surface area (Å²) < 4.78 is 31.1. The van der Waals surface area contributed by atoms with E-state index < -0.39 is 10.1 Å². The number of pyridine rings is 1. The highest BCUT2D eigenvalue weighted by molar-refractivity contribution is 7.86. The minimum Gasteiger partial charge on any atom is -0.266 e. The second-order valence-electron chi connectivity index (χ2n) is 12.5. The highest BCUT2D eigenvalue weighted by atomic mass is 32.2. The van der Waals surface area contributed by atoms with Crippen LogP contribution in [0.5, 0.6) is 0 Å². The summed E-state index contributed by atoms with van der Waals surface area (Å²) >= 11 is 0. The van der Waals surface area contributed by atoms with Crippen molar-refractivity contribution in [3.05, 3.63) is 60.9 Å². The Morgan fingerprint density at radius 1 is 0.477 bits per heavy atom. The van der Waals surface area contributed by atoms with Crippen molar-refractivity contribution in [2.24, 2.45) is 0 Å². The molecule has 0 atom stereocenters. The Balaban J connectivity index is 0.000000440. The average molecular weight is 631 g/mol. The third-order valence-electron chi connectivity index (χ3n) is 8.32. The van der Waals surface area contributed by atoms with E-state index in [4.69, 9.17) is 4.18 Å². The average Bonchev–Trinajstić information content (AvgIpc) is 3.05. The fourth-order valence-electron chi connectivity index (χ4n) is 5.49. The van der Waals surface area contributed by atoms with E-state index in [0.717, 1.165) is 12.8 Å². The Hall–Kier alpha value is -1.72. The van der Waals surface area contributed by atoms with E-state index in [2.05, 4.69) is 49.0 Å². The van der Waals surface area contributed by atoms with Gasteiger partial charge in [0.25, 0.3) is 10.1 Å². The summed E-state index contributed by atoms with van der Waals surface area (Å²) in [5.41, 5.74) is 0. The molecule has 1 aromatic carbocycles. The minimum atomic E-state index is -3.57. The fourth-order valence-corrected chi connectivity index (χ4v) is 6.45. The van der Waals surface area contributed by atoms with Gasteiger partial charge in [-0.25, -0.2) is 4.57 Å². The number of rotatable bonds is 28. The number of hydrogen-bond donors (Lipinski definition) is 0. The lowest BCUT2D eigenvalue weighted by Crippen LogP contribution is -2.32. The fraction of sp³-hybridized carbons (Fsp3) is 0.718. The van der Waals surface area contributed by atoms with Gasteiger partial charge in [-0.05, 0) is 25.0 Å². The Labute approximate surface area is 273 Å². The van der Waals surface area contributed by atoms with Crippen LogP contribution in [0, 0.1) is 0 Å². The Bertz CT molecular complexity index is 950. The van der Waals surface area contributed by atoms with Gasteiger partial charge in [0, 0.05) is 18.6 Å². The molecule has 1 heterocycles. The first-order chi connectivity index (χ1) is 21.6. The second kappa shape index (κ2) is 30.0. The predicted octanol–water partition coefficient (Wildman–Crippen LogP) is 11.8. The molecule has 2 aromatic rings. The van der Waals surface area contributed by atoms with Crippen LogP contribution >= 0.6 is 0 Å². The van der Waals surface area contributed by atoms with Gasteiger partial charge in [0.2, 0.25) is 0 Å². The summed E-state index contributed by atoms with van der Waals surface area (Å²) in [4.78, 5) is 0.238. The first-order valence-corrected chi connectivity index (χ1v) is 19.9. The standard InChI is InChI=1S/C21H38N.C18H30O3S/c1-2-3-4-5-6-7-8-9-10-11-12-13-14-16-19-22-20-17-15-18-21-22;1-2-3-4-5-6-7-8-9-10-14-17-21-22(19,20)18-15-12-11-13-16-18/h15,17-18,20-21H,2-14,16,19H2,1H3;11-13,15-16H,2-10,14,17H2,1H3/q+1;. The molecule has 4 nitrogen and oxygen atoms in total. The topological polar surface area (TPSA) is 47.2 Å². The molecule has 0 aliphatic carbocycles. The van der Waals surface area contributed by atoms with Crippen molar-refractivity contribution in [1.29, 1.82) is 0 Å². The summed E-state index contributed by atoms with van der Waals surface area (Å²) in [5.74, 6) is 0. The van der Waals surface area contributed by atoms with Crippen LogP contribution in [0.25, 0.3) is 0 Å². The molecule has 0 fully saturated rings. The van der Waals surface area contributed by atoms with Crippen molar-refractivity contribution >= 4 is 10.1 Å². The van der Waals surface area contributed by atoms with Crippen LogP contribution in [0.1, 0.15) is 168 Å². The van der Waals surface area contributed by atoms with E-state index >= 15 is 0 Å². The van der Waals surface area contributed by atoms with Crippen molar-refractivity contribution in [1.82, 2.24) is 0 Å². The number of hydrogen-bond acceptors (Lipinski definition) is 3. The van der Waals surface area contributed by atoms with Crippen LogP contribution in [-0.2, 0) is 20.8 Å². The smallest absolute Gasteiger partial charge is 0.266 e. The summed E-state index contributed by atoms with van der Waals surface area (Å²) in [7, 11) is -3.57. The lowest BCUT2D eigenvalue weighted by atomic mass is 10.0.